The van der Waals surface area contributed by atoms with Crippen molar-refractivity contribution in [3.05, 3.63) is 83.1 Å². The Balaban J connectivity index is 1.88. The molecule has 0 saturated heterocycles. The molecule has 3 rings (SSSR count). The Morgan fingerprint density at radius 3 is 2.58 bits per heavy atom. The van der Waals surface area contributed by atoms with Crippen LogP contribution in [0, 0.1) is 6.92 Å². The minimum atomic E-state index is -3.60. The summed E-state index contributed by atoms with van der Waals surface area (Å²) in [6, 6.07) is 15.9. The molecule has 26 heavy (non-hydrogen) atoms. The van der Waals surface area contributed by atoms with Crippen LogP contribution in [0.3, 0.4) is 0 Å². The van der Waals surface area contributed by atoms with E-state index in [4.69, 9.17) is 11.6 Å². The maximum Gasteiger partial charge on any atom is 0.241 e. The molecule has 3 aromatic rings. The summed E-state index contributed by atoms with van der Waals surface area (Å²) in [7, 11) is -3.60. The van der Waals surface area contributed by atoms with Gasteiger partial charge in [0, 0.05) is 24.0 Å². The first-order chi connectivity index (χ1) is 12.4. The highest BCUT2D eigenvalue weighted by Gasteiger charge is 2.19. The number of nitrogens with one attached hydrogen (secondary N) is 1. The van der Waals surface area contributed by atoms with Gasteiger partial charge in [-0.15, -0.1) is 0 Å². The highest BCUT2D eigenvalue weighted by atomic mass is 35.5. The van der Waals surface area contributed by atoms with E-state index < -0.39 is 10.0 Å². The average Bonchev–Trinajstić information content (AvgIpc) is 2.62. The van der Waals surface area contributed by atoms with Crippen LogP contribution >= 0.6 is 11.6 Å². The number of aromatic nitrogens is 1. The molecule has 1 atom stereocenters. The van der Waals surface area contributed by atoms with Crippen LogP contribution in [0.4, 0.5) is 0 Å². The van der Waals surface area contributed by atoms with Crippen molar-refractivity contribution in [2.45, 2.75) is 24.8 Å². The number of pyridine rings is 1. The van der Waals surface area contributed by atoms with Gasteiger partial charge in [0.05, 0.1) is 9.92 Å². The summed E-state index contributed by atoms with van der Waals surface area (Å²) in [6.45, 7) is 3.69. The summed E-state index contributed by atoms with van der Waals surface area (Å²) >= 11 is 6.22. The quantitative estimate of drug-likeness (QED) is 0.688. The SMILES string of the molecule is Cc1cccc(S(=O)(=O)N[C@H](C)c2cccc(-c3ccncc3Cl)c2)c1. The summed E-state index contributed by atoms with van der Waals surface area (Å²) in [5.74, 6) is 0. The topological polar surface area (TPSA) is 59.1 Å². The van der Waals surface area contributed by atoms with Gasteiger partial charge in [0.1, 0.15) is 0 Å². The number of aryl methyl sites for hydroxylation is 1. The number of nitrogens with zero attached hydrogens (tertiary/aromatic N) is 1. The van der Waals surface area contributed by atoms with Crippen LogP contribution in [0.15, 0.2) is 71.9 Å². The zero-order valence-electron chi connectivity index (χ0n) is 14.5. The van der Waals surface area contributed by atoms with Crippen molar-refractivity contribution in [1.82, 2.24) is 9.71 Å². The molecule has 134 valence electrons. The fraction of sp³-hybridized carbons (Fsp3) is 0.150. The zero-order chi connectivity index (χ0) is 18.7. The molecule has 1 aromatic heterocycles. The number of halogens is 1. The van der Waals surface area contributed by atoms with E-state index in [2.05, 4.69) is 9.71 Å². The Hall–Kier alpha value is -2.21. The van der Waals surface area contributed by atoms with Gasteiger partial charge in [-0.05, 0) is 54.8 Å². The summed E-state index contributed by atoms with van der Waals surface area (Å²) in [5, 5.41) is 0.553. The minimum absolute atomic E-state index is 0.262. The number of rotatable bonds is 5. The smallest absolute Gasteiger partial charge is 0.241 e. The Morgan fingerprint density at radius 1 is 1.08 bits per heavy atom. The summed E-state index contributed by atoms with van der Waals surface area (Å²) < 4.78 is 28.0. The van der Waals surface area contributed by atoms with Crippen LogP contribution in [-0.4, -0.2) is 13.4 Å². The van der Waals surface area contributed by atoms with Gasteiger partial charge >= 0.3 is 0 Å². The molecule has 0 unspecified atom stereocenters. The molecule has 0 aliphatic carbocycles. The van der Waals surface area contributed by atoms with Crippen molar-refractivity contribution >= 4 is 21.6 Å². The summed E-state index contributed by atoms with van der Waals surface area (Å²) in [5.41, 5.74) is 3.52. The highest BCUT2D eigenvalue weighted by molar-refractivity contribution is 7.89. The highest BCUT2D eigenvalue weighted by Crippen LogP contribution is 2.29. The van der Waals surface area contributed by atoms with Crippen LogP contribution in [0.5, 0.6) is 0 Å². The van der Waals surface area contributed by atoms with Crippen LogP contribution < -0.4 is 4.72 Å². The van der Waals surface area contributed by atoms with Crippen molar-refractivity contribution in [3.63, 3.8) is 0 Å². The lowest BCUT2D eigenvalue weighted by Crippen LogP contribution is -2.27. The van der Waals surface area contributed by atoms with Gasteiger partial charge < -0.3 is 0 Å². The van der Waals surface area contributed by atoms with Gasteiger partial charge in [0.2, 0.25) is 10.0 Å². The van der Waals surface area contributed by atoms with E-state index in [1.807, 2.05) is 50.2 Å². The van der Waals surface area contributed by atoms with Gasteiger partial charge in [-0.2, -0.15) is 0 Å². The third-order valence-electron chi connectivity index (χ3n) is 4.10. The fourth-order valence-corrected chi connectivity index (χ4v) is 4.30. The molecule has 0 spiro atoms. The van der Waals surface area contributed by atoms with Crippen molar-refractivity contribution in [1.29, 1.82) is 0 Å². The van der Waals surface area contributed by atoms with E-state index in [-0.39, 0.29) is 10.9 Å². The third kappa shape index (κ3) is 4.12. The Labute approximate surface area is 158 Å². The fourth-order valence-electron chi connectivity index (χ4n) is 2.74. The molecule has 6 heteroatoms. The first-order valence-corrected chi connectivity index (χ1v) is 10.0. The van der Waals surface area contributed by atoms with Gasteiger partial charge in [-0.25, -0.2) is 13.1 Å². The second-order valence-corrected chi connectivity index (χ2v) is 8.26. The molecule has 1 heterocycles. The number of hydrogen-bond donors (Lipinski definition) is 1. The molecule has 0 bridgehead atoms. The molecular formula is C20H19ClN2O2S. The molecule has 4 nitrogen and oxygen atoms in total. The number of hydrogen-bond acceptors (Lipinski definition) is 3. The summed E-state index contributed by atoms with van der Waals surface area (Å²) in [4.78, 5) is 4.26. The van der Waals surface area contributed by atoms with Crippen molar-refractivity contribution in [2.24, 2.45) is 0 Å². The van der Waals surface area contributed by atoms with E-state index in [1.165, 1.54) is 0 Å². The van der Waals surface area contributed by atoms with E-state index in [0.717, 1.165) is 22.3 Å². The van der Waals surface area contributed by atoms with Gasteiger partial charge in [0.15, 0.2) is 0 Å². The summed E-state index contributed by atoms with van der Waals surface area (Å²) in [6.07, 6.45) is 3.27. The lowest BCUT2D eigenvalue weighted by molar-refractivity contribution is 0.567. The Bertz CT molecular complexity index is 1040. The second kappa shape index (κ2) is 7.58. The van der Waals surface area contributed by atoms with Gasteiger partial charge in [-0.3, -0.25) is 4.98 Å². The number of sulfonamides is 1. The third-order valence-corrected chi connectivity index (χ3v) is 5.94. The van der Waals surface area contributed by atoms with Crippen LogP contribution in [0.2, 0.25) is 5.02 Å². The molecule has 0 radical (unpaired) electrons. The van der Waals surface area contributed by atoms with E-state index >= 15 is 0 Å². The standard InChI is InChI=1S/C20H19ClN2O2S/c1-14-5-3-8-18(11-14)26(24,25)23-15(2)16-6-4-7-17(12-16)19-9-10-22-13-20(19)21/h3-13,15,23H,1-2H3/t15-/m1/s1. The van der Waals surface area contributed by atoms with Gasteiger partial charge in [0.25, 0.3) is 0 Å². The normalized spacial score (nSPS) is 12.7. The zero-order valence-corrected chi connectivity index (χ0v) is 16.1. The molecule has 0 saturated carbocycles. The molecule has 0 fully saturated rings. The van der Waals surface area contributed by atoms with Crippen LogP contribution in [0.1, 0.15) is 24.1 Å². The second-order valence-electron chi connectivity index (χ2n) is 6.14. The Kier molecular flexibility index (Phi) is 5.41. The molecule has 2 aromatic carbocycles. The first-order valence-electron chi connectivity index (χ1n) is 8.16. The monoisotopic (exact) mass is 386 g/mol. The lowest BCUT2D eigenvalue weighted by atomic mass is 10.0. The average molecular weight is 387 g/mol. The first kappa shape index (κ1) is 18.6. The van der Waals surface area contributed by atoms with Gasteiger partial charge in [-0.1, -0.05) is 41.9 Å². The largest absolute Gasteiger partial charge is 0.263 e. The van der Waals surface area contributed by atoms with Crippen molar-refractivity contribution < 1.29 is 8.42 Å². The van der Waals surface area contributed by atoms with Crippen LogP contribution in [-0.2, 0) is 10.0 Å². The molecule has 0 aliphatic heterocycles. The van der Waals surface area contributed by atoms with Crippen molar-refractivity contribution in [3.8, 4) is 11.1 Å². The van der Waals surface area contributed by atoms with E-state index in [1.54, 1.807) is 30.6 Å². The van der Waals surface area contributed by atoms with E-state index in [9.17, 15) is 8.42 Å². The van der Waals surface area contributed by atoms with E-state index in [0.29, 0.717) is 5.02 Å². The predicted molar refractivity (Wildman–Crippen MR) is 105 cm³/mol. The number of benzene rings is 2. The predicted octanol–water partition coefficient (Wildman–Crippen LogP) is 4.75. The Morgan fingerprint density at radius 2 is 1.85 bits per heavy atom. The molecular weight excluding hydrogens is 368 g/mol. The molecule has 0 amide bonds. The maximum atomic E-state index is 12.6. The molecule has 0 aliphatic rings. The maximum absolute atomic E-state index is 12.6. The van der Waals surface area contributed by atoms with Crippen LogP contribution in [0.25, 0.3) is 11.1 Å². The lowest BCUT2D eigenvalue weighted by Gasteiger charge is -2.16. The minimum Gasteiger partial charge on any atom is -0.263 e. The van der Waals surface area contributed by atoms with Crippen molar-refractivity contribution in [2.75, 3.05) is 0 Å². The molecule has 1 N–H and O–H groups in total.